The number of anilines is 2. The zero-order chi connectivity index (χ0) is 17.6. The summed E-state index contributed by atoms with van der Waals surface area (Å²) in [5.74, 6) is -1.00. The molecule has 0 fully saturated rings. The number of pyridine rings is 1. The van der Waals surface area contributed by atoms with E-state index in [0.717, 1.165) is 0 Å². The highest BCUT2D eigenvalue weighted by Crippen LogP contribution is 2.32. The lowest BCUT2D eigenvalue weighted by Crippen LogP contribution is -2.02. The first kappa shape index (κ1) is 16.7. The van der Waals surface area contributed by atoms with Gasteiger partial charge in [-0.1, -0.05) is 29.8 Å². The van der Waals surface area contributed by atoms with Crippen LogP contribution in [0.2, 0.25) is 5.02 Å². The molecular weight excluding hydrogens is 338 g/mol. The van der Waals surface area contributed by atoms with Gasteiger partial charge in [-0.05, 0) is 42.5 Å². The second-order valence-corrected chi connectivity index (χ2v) is 5.59. The van der Waals surface area contributed by atoms with E-state index in [1.807, 2.05) is 18.2 Å². The number of hydrogen-bond acceptors (Lipinski definition) is 4. The summed E-state index contributed by atoms with van der Waals surface area (Å²) in [7, 11) is 0. The predicted molar refractivity (Wildman–Crippen MR) is 99.6 cm³/mol. The summed E-state index contributed by atoms with van der Waals surface area (Å²) in [6.07, 6.45) is 3.31. The Balaban J connectivity index is 1.95. The SMILES string of the molecule is O=C(O)c1ccccc1Nc1ccc(Cl)cc1/N=C/c1ccccn1. The zero-order valence-electron chi connectivity index (χ0n) is 13.1. The molecule has 0 aliphatic carbocycles. The van der Waals surface area contributed by atoms with Crippen LogP contribution in [0, 0.1) is 0 Å². The van der Waals surface area contributed by atoms with Gasteiger partial charge < -0.3 is 10.4 Å². The minimum absolute atomic E-state index is 0.178. The first-order chi connectivity index (χ1) is 12.1. The highest BCUT2D eigenvalue weighted by molar-refractivity contribution is 6.31. The van der Waals surface area contributed by atoms with E-state index < -0.39 is 5.97 Å². The van der Waals surface area contributed by atoms with Crippen molar-refractivity contribution in [3.63, 3.8) is 0 Å². The van der Waals surface area contributed by atoms with Crippen molar-refractivity contribution < 1.29 is 9.90 Å². The smallest absolute Gasteiger partial charge is 0.337 e. The molecule has 0 atom stereocenters. The third-order valence-electron chi connectivity index (χ3n) is 3.41. The Bertz CT molecular complexity index is 927. The Labute approximate surface area is 149 Å². The first-order valence-electron chi connectivity index (χ1n) is 7.47. The van der Waals surface area contributed by atoms with E-state index in [9.17, 15) is 9.90 Å². The quantitative estimate of drug-likeness (QED) is 0.639. The highest BCUT2D eigenvalue weighted by Gasteiger charge is 2.11. The molecule has 0 aliphatic rings. The van der Waals surface area contributed by atoms with Crippen LogP contribution in [0.3, 0.4) is 0 Å². The van der Waals surface area contributed by atoms with Crippen molar-refractivity contribution in [1.29, 1.82) is 0 Å². The number of aliphatic imine (C=N–C) groups is 1. The predicted octanol–water partition coefficient (Wildman–Crippen LogP) is 4.93. The zero-order valence-corrected chi connectivity index (χ0v) is 13.8. The molecule has 0 radical (unpaired) electrons. The summed E-state index contributed by atoms with van der Waals surface area (Å²) in [6, 6.07) is 17.4. The number of carboxylic acids is 1. The molecular formula is C19H14ClN3O2. The van der Waals surface area contributed by atoms with Crippen molar-refractivity contribution in [3.8, 4) is 0 Å². The van der Waals surface area contributed by atoms with Gasteiger partial charge in [-0.25, -0.2) is 4.79 Å². The fourth-order valence-corrected chi connectivity index (χ4v) is 2.40. The lowest BCUT2D eigenvalue weighted by molar-refractivity contribution is 0.0698. The Hall–Kier alpha value is -3.18. The fourth-order valence-electron chi connectivity index (χ4n) is 2.23. The number of carboxylic acid groups (broad SMARTS) is 1. The molecule has 124 valence electrons. The van der Waals surface area contributed by atoms with Crippen molar-refractivity contribution in [2.45, 2.75) is 0 Å². The van der Waals surface area contributed by atoms with Crippen LogP contribution < -0.4 is 5.32 Å². The molecule has 0 unspecified atom stereocenters. The maximum Gasteiger partial charge on any atom is 0.337 e. The average molecular weight is 352 g/mol. The topological polar surface area (TPSA) is 74.6 Å². The average Bonchev–Trinajstić information content (AvgIpc) is 2.63. The maximum absolute atomic E-state index is 11.4. The molecule has 0 saturated carbocycles. The van der Waals surface area contributed by atoms with Gasteiger partial charge in [0.1, 0.15) is 0 Å². The van der Waals surface area contributed by atoms with Crippen molar-refractivity contribution in [1.82, 2.24) is 4.98 Å². The van der Waals surface area contributed by atoms with Crippen molar-refractivity contribution in [2.24, 2.45) is 4.99 Å². The molecule has 3 rings (SSSR count). The maximum atomic E-state index is 11.4. The van der Waals surface area contributed by atoms with Gasteiger partial charge >= 0.3 is 5.97 Å². The number of nitrogens with one attached hydrogen (secondary N) is 1. The van der Waals surface area contributed by atoms with Gasteiger partial charge in [0.15, 0.2) is 0 Å². The van der Waals surface area contributed by atoms with Crippen LogP contribution >= 0.6 is 11.6 Å². The number of rotatable bonds is 5. The van der Waals surface area contributed by atoms with E-state index in [4.69, 9.17) is 11.6 Å². The van der Waals surface area contributed by atoms with E-state index in [0.29, 0.717) is 27.8 Å². The van der Waals surface area contributed by atoms with Crippen LogP contribution in [0.15, 0.2) is 71.9 Å². The van der Waals surface area contributed by atoms with Gasteiger partial charge in [-0.15, -0.1) is 0 Å². The minimum atomic E-state index is -1.00. The van der Waals surface area contributed by atoms with E-state index in [1.54, 1.807) is 48.8 Å². The molecule has 0 amide bonds. The molecule has 3 aromatic rings. The second-order valence-electron chi connectivity index (χ2n) is 5.15. The Kier molecular flexibility index (Phi) is 5.06. The van der Waals surface area contributed by atoms with Crippen molar-refractivity contribution in [2.75, 3.05) is 5.32 Å². The van der Waals surface area contributed by atoms with Gasteiger partial charge in [-0.3, -0.25) is 9.98 Å². The third kappa shape index (κ3) is 4.22. The minimum Gasteiger partial charge on any atom is -0.478 e. The summed E-state index contributed by atoms with van der Waals surface area (Å²) >= 11 is 6.07. The third-order valence-corrected chi connectivity index (χ3v) is 3.65. The number of hydrogen-bond donors (Lipinski definition) is 2. The Morgan fingerprint density at radius 3 is 2.64 bits per heavy atom. The van der Waals surface area contributed by atoms with Crippen LogP contribution in [0.1, 0.15) is 16.1 Å². The number of carbonyl (C=O) groups is 1. The second kappa shape index (κ2) is 7.59. The number of halogens is 1. The molecule has 0 saturated heterocycles. The highest BCUT2D eigenvalue weighted by atomic mass is 35.5. The van der Waals surface area contributed by atoms with Crippen LogP contribution in [-0.4, -0.2) is 22.3 Å². The lowest BCUT2D eigenvalue weighted by Gasteiger charge is -2.12. The van der Waals surface area contributed by atoms with Crippen LogP contribution in [0.5, 0.6) is 0 Å². The monoisotopic (exact) mass is 351 g/mol. The molecule has 0 aliphatic heterocycles. The molecule has 1 aromatic heterocycles. The molecule has 25 heavy (non-hydrogen) atoms. The number of nitrogens with zero attached hydrogens (tertiary/aromatic N) is 2. The van der Waals surface area contributed by atoms with Gasteiger partial charge in [0, 0.05) is 11.2 Å². The summed E-state index contributed by atoms with van der Waals surface area (Å²) in [4.78, 5) is 20.0. The molecule has 2 aromatic carbocycles. The molecule has 0 spiro atoms. The summed E-state index contributed by atoms with van der Waals surface area (Å²) in [5.41, 5.74) is 2.59. The first-order valence-corrected chi connectivity index (χ1v) is 7.85. The lowest BCUT2D eigenvalue weighted by atomic mass is 10.1. The van der Waals surface area contributed by atoms with Gasteiger partial charge in [0.05, 0.1) is 34.5 Å². The normalized spacial score (nSPS) is 10.8. The van der Waals surface area contributed by atoms with Crippen LogP contribution in [0.25, 0.3) is 0 Å². The Morgan fingerprint density at radius 1 is 1.08 bits per heavy atom. The molecule has 5 nitrogen and oxygen atoms in total. The number of para-hydroxylation sites is 1. The number of benzene rings is 2. The summed E-state index contributed by atoms with van der Waals surface area (Å²) < 4.78 is 0. The standard InChI is InChI=1S/C19H14ClN3O2/c20-13-8-9-17(23-16-7-2-1-6-15(16)19(24)25)18(11-13)22-12-14-5-3-4-10-21-14/h1-12,23H,(H,24,25)/b22-12+. The van der Waals surface area contributed by atoms with E-state index in [-0.39, 0.29) is 5.56 Å². The van der Waals surface area contributed by atoms with Crippen LogP contribution in [0.4, 0.5) is 17.1 Å². The van der Waals surface area contributed by atoms with Crippen LogP contribution in [-0.2, 0) is 0 Å². The molecule has 2 N–H and O–H groups in total. The summed E-state index contributed by atoms with van der Waals surface area (Å²) in [5, 5.41) is 13.0. The van der Waals surface area contributed by atoms with E-state index in [1.165, 1.54) is 6.07 Å². The van der Waals surface area contributed by atoms with Gasteiger partial charge in [0.2, 0.25) is 0 Å². The summed E-state index contributed by atoms with van der Waals surface area (Å²) in [6.45, 7) is 0. The van der Waals surface area contributed by atoms with Gasteiger partial charge in [-0.2, -0.15) is 0 Å². The van der Waals surface area contributed by atoms with Crippen molar-refractivity contribution >= 4 is 40.8 Å². The van der Waals surface area contributed by atoms with Gasteiger partial charge in [0.25, 0.3) is 0 Å². The Morgan fingerprint density at radius 2 is 1.88 bits per heavy atom. The number of aromatic carboxylic acids is 1. The van der Waals surface area contributed by atoms with E-state index in [2.05, 4.69) is 15.3 Å². The van der Waals surface area contributed by atoms with Crippen molar-refractivity contribution in [3.05, 3.63) is 83.1 Å². The molecule has 0 bridgehead atoms. The molecule has 6 heteroatoms. The van der Waals surface area contributed by atoms with E-state index >= 15 is 0 Å². The largest absolute Gasteiger partial charge is 0.478 e. The fraction of sp³-hybridized carbons (Fsp3) is 0. The molecule has 1 heterocycles. The number of aromatic nitrogens is 1.